The highest BCUT2D eigenvalue weighted by Gasteiger charge is 2.21. The molecule has 0 aromatic heterocycles. The SMILES string of the molecule is CN(C)CC(C)(C)CNC(=O)c1ccc(F)cc1F. The van der Waals surface area contributed by atoms with Gasteiger partial charge in [0.05, 0.1) is 5.56 Å². The third-order valence-electron chi connectivity index (χ3n) is 2.65. The van der Waals surface area contributed by atoms with Gasteiger partial charge in [-0.3, -0.25) is 4.79 Å². The minimum absolute atomic E-state index is 0.129. The number of carbonyl (C=O) groups excluding carboxylic acids is 1. The molecule has 0 aliphatic carbocycles. The van der Waals surface area contributed by atoms with E-state index in [0.717, 1.165) is 18.7 Å². The van der Waals surface area contributed by atoms with Gasteiger partial charge in [-0.2, -0.15) is 0 Å². The summed E-state index contributed by atoms with van der Waals surface area (Å²) in [4.78, 5) is 13.8. The standard InChI is InChI=1S/C14H20F2N2O/c1-14(2,9-18(3)4)8-17-13(19)11-6-5-10(15)7-12(11)16/h5-7H,8-9H2,1-4H3,(H,17,19). The van der Waals surface area contributed by atoms with E-state index in [1.54, 1.807) is 0 Å². The Bertz CT molecular complexity index is 459. The van der Waals surface area contributed by atoms with Crippen LogP contribution in [-0.2, 0) is 0 Å². The number of carbonyl (C=O) groups is 1. The molecule has 0 heterocycles. The van der Waals surface area contributed by atoms with E-state index in [2.05, 4.69) is 5.32 Å². The van der Waals surface area contributed by atoms with Crippen molar-refractivity contribution >= 4 is 5.91 Å². The summed E-state index contributed by atoms with van der Waals surface area (Å²) in [6, 6.07) is 2.93. The Morgan fingerprint density at radius 1 is 1.32 bits per heavy atom. The van der Waals surface area contributed by atoms with Gasteiger partial charge >= 0.3 is 0 Å². The molecular weight excluding hydrogens is 250 g/mol. The first-order valence-electron chi connectivity index (χ1n) is 6.09. The second-order valence-corrected chi connectivity index (χ2v) is 5.71. The third kappa shape index (κ3) is 4.95. The Labute approximate surface area is 112 Å². The van der Waals surface area contributed by atoms with E-state index < -0.39 is 17.5 Å². The summed E-state index contributed by atoms with van der Waals surface area (Å²) in [6.45, 7) is 5.22. The van der Waals surface area contributed by atoms with E-state index in [-0.39, 0.29) is 11.0 Å². The van der Waals surface area contributed by atoms with Crippen molar-refractivity contribution in [3.63, 3.8) is 0 Å². The lowest BCUT2D eigenvalue weighted by Crippen LogP contribution is -2.40. The lowest BCUT2D eigenvalue weighted by atomic mass is 9.93. The van der Waals surface area contributed by atoms with Crippen LogP contribution in [0.15, 0.2) is 18.2 Å². The molecule has 106 valence electrons. The smallest absolute Gasteiger partial charge is 0.254 e. The van der Waals surface area contributed by atoms with Crippen LogP contribution in [-0.4, -0.2) is 38.0 Å². The summed E-state index contributed by atoms with van der Waals surface area (Å²) in [7, 11) is 3.90. The molecule has 0 aliphatic rings. The highest BCUT2D eigenvalue weighted by Crippen LogP contribution is 2.15. The van der Waals surface area contributed by atoms with Gasteiger partial charge in [0, 0.05) is 19.2 Å². The van der Waals surface area contributed by atoms with Crippen LogP contribution in [0.5, 0.6) is 0 Å². The number of benzene rings is 1. The van der Waals surface area contributed by atoms with Crippen molar-refractivity contribution in [2.75, 3.05) is 27.2 Å². The van der Waals surface area contributed by atoms with Crippen LogP contribution < -0.4 is 5.32 Å². The topological polar surface area (TPSA) is 32.3 Å². The van der Waals surface area contributed by atoms with Gasteiger partial charge in [0.15, 0.2) is 0 Å². The molecule has 3 nitrogen and oxygen atoms in total. The van der Waals surface area contributed by atoms with E-state index in [1.165, 1.54) is 0 Å². The molecule has 1 N–H and O–H groups in total. The van der Waals surface area contributed by atoms with Crippen LogP contribution >= 0.6 is 0 Å². The average molecular weight is 270 g/mol. The summed E-state index contributed by atoms with van der Waals surface area (Å²) in [5, 5.41) is 2.68. The van der Waals surface area contributed by atoms with Crippen molar-refractivity contribution < 1.29 is 13.6 Å². The van der Waals surface area contributed by atoms with Crippen molar-refractivity contribution in [1.29, 1.82) is 0 Å². The maximum Gasteiger partial charge on any atom is 0.254 e. The second kappa shape index (κ2) is 6.10. The molecule has 1 aromatic rings. The maximum atomic E-state index is 13.4. The number of hydrogen-bond donors (Lipinski definition) is 1. The quantitative estimate of drug-likeness (QED) is 0.890. The van der Waals surface area contributed by atoms with E-state index in [1.807, 2.05) is 32.8 Å². The summed E-state index contributed by atoms with van der Waals surface area (Å²) in [5.41, 5.74) is -0.266. The number of hydrogen-bond acceptors (Lipinski definition) is 2. The molecule has 0 saturated carbocycles. The zero-order valence-corrected chi connectivity index (χ0v) is 11.8. The van der Waals surface area contributed by atoms with Crippen molar-refractivity contribution in [2.24, 2.45) is 5.41 Å². The fourth-order valence-corrected chi connectivity index (χ4v) is 2.00. The number of nitrogens with zero attached hydrogens (tertiary/aromatic N) is 1. The molecule has 0 saturated heterocycles. The molecule has 5 heteroatoms. The Morgan fingerprint density at radius 2 is 1.95 bits per heavy atom. The molecule has 0 bridgehead atoms. The zero-order chi connectivity index (χ0) is 14.6. The second-order valence-electron chi connectivity index (χ2n) is 5.71. The molecule has 0 unspecified atom stereocenters. The van der Waals surface area contributed by atoms with E-state index in [0.29, 0.717) is 12.6 Å². The Balaban J connectivity index is 2.65. The Hall–Kier alpha value is -1.49. The molecule has 0 atom stereocenters. The predicted molar refractivity (Wildman–Crippen MR) is 71.0 cm³/mol. The van der Waals surface area contributed by atoms with E-state index in [4.69, 9.17) is 0 Å². The van der Waals surface area contributed by atoms with Gasteiger partial charge in [-0.1, -0.05) is 13.8 Å². The van der Waals surface area contributed by atoms with Crippen molar-refractivity contribution in [3.8, 4) is 0 Å². The van der Waals surface area contributed by atoms with Crippen LogP contribution in [0.25, 0.3) is 0 Å². The molecule has 19 heavy (non-hydrogen) atoms. The van der Waals surface area contributed by atoms with E-state index in [9.17, 15) is 13.6 Å². The van der Waals surface area contributed by atoms with Gasteiger partial charge in [-0.25, -0.2) is 8.78 Å². The molecule has 1 aromatic carbocycles. The normalized spacial score (nSPS) is 11.7. The molecule has 0 fully saturated rings. The van der Waals surface area contributed by atoms with E-state index >= 15 is 0 Å². The van der Waals surface area contributed by atoms with Crippen LogP contribution in [0.4, 0.5) is 8.78 Å². The van der Waals surface area contributed by atoms with Crippen LogP contribution in [0, 0.1) is 17.0 Å². The van der Waals surface area contributed by atoms with Crippen LogP contribution in [0.1, 0.15) is 24.2 Å². The highest BCUT2D eigenvalue weighted by molar-refractivity contribution is 5.94. The molecule has 0 aliphatic heterocycles. The van der Waals surface area contributed by atoms with Gasteiger partial charge in [-0.15, -0.1) is 0 Å². The lowest BCUT2D eigenvalue weighted by Gasteiger charge is -2.28. The minimum Gasteiger partial charge on any atom is -0.351 e. The summed E-state index contributed by atoms with van der Waals surface area (Å²) >= 11 is 0. The number of rotatable bonds is 5. The molecule has 1 amide bonds. The fourth-order valence-electron chi connectivity index (χ4n) is 2.00. The zero-order valence-electron chi connectivity index (χ0n) is 11.8. The van der Waals surface area contributed by atoms with Gasteiger partial charge in [0.1, 0.15) is 11.6 Å². The monoisotopic (exact) mass is 270 g/mol. The summed E-state index contributed by atoms with van der Waals surface area (Å²) in [5.74, 6) is -2.06. The van der Waals surface area contributed by atoms with Crippen molar-refractivity contribution in [3.05, 3.63) is 35.4 Å². The molecule has 0 radical (unpaired) electrons. The number of amides is 1. The van der Waals surface area contributed by atoms with Gasteiger partial charge in [0.2, 0.25) is 0 Å². The summed E-state index contributed by atoms with van der Waals surface area (Å²) < 4.78 is 26.2. The van der Waals surface area contributed by atoms with Crippen molar-refractivity contribution in [2.45, 2.75) is 13.8 Å². The first kappa shape index (κ1) is 15.6. The molecule has 1 rings (SSSR count). The lowest BCUT2D eigenvalue weighted by molar-refractivity contribution is 0.0925. The minimum atomic E-state index is -0.845. The van der Waals surface area contributed by atoms with Gasteiger partial charge in [-0.05, 0) is 31.6 Å². The number of nitrogens with one attached hydrogen (secondary N) is 1. The average Bonchev–Trinajstić information content (AvgIpc) is 2.24. The maximum absolute atomic E-state index is 13.4. The van der Waals surface area contributed by atoms with Crippen LogP contribution in [0.2, 0.25) is 0 Å². The van der Waals surface area contributed by atoms with Gasteiger partial charge < -0.3 is 10.2 Å². The van der Waals surface area contributed by atoms with Crippen molar-refractivity contribution in [1.82, 2.24) is 10.2 Å². The summed E-state index contributed by atoms with van der Waals surface area (Å²) in [6.07, 6.45) is 0. The van der Waals surface area contributed by atoms with Crippen LogP contribution in [0.3, 0.4) is 0 Å². The first-order valence-corrected chi connectivity index (χ1v) is 6.09. The third-order valence-corrected chi connectivity index (χ3v) is 2.65. The Morgan fingerprint density at radius 3 is 2.47 bits per heavy atom. The van der Waals surface area contributed by atoms with Gasteiger partial charge in [0.25, 0.3) is 5.91 Å². The first-order chi connectivity index (χ1) is 8.71. The number of halogens is 2. The Kier molecular flexibility index (Phi) is 5.00. The fraction of sp³-hybridized carbons (Fsp3) is 0.500. The highest BCUT2D eigenvalue weighted by atomic mass is 19.1. The molecule has 0 spiro atoms. The largest absolute Gasteiger partial charge is 0.351 e. The predicted octanol–water partition coefficient (Wildman–Crippen LogP) is 2.28. The molecular formula is C14H20F2N2O.